The second kappa shape index (κ2) is 15.2. The van der Waals surface area contributed by atoms with E-state index in [0.29, 0.717) is 0 Å². The van der Waals surface area contributed by atoms with Gasteiger partial charge in [0, 0.05) is 21.9 Å². The number of rotatable bonds is 5. The summed E-state index contributed by atoms with van der Waals surface area (Å²) < 4.78 is 4.76. The molecule has 4 heteroatoms. The van der Waals surface area contributed by atoms with Gasteiger partial charge >= 0.3 is 0 Å². The van der Waals surface area contributed by atoms with Gasteiger partial charge in [-0.25, -0.2) is 9.97 Å². The van der Waals surface area contributed by atoms with Gasteiger partial charge in [-0.05, 0) is 120 Å². The Bertz CT molecular complexity index is 4440. The van der Waals surface area contributed by atoms with Crippen molar-refractivity contribution in [1.29, 1.82) is 0 Å². The Morgan fingerprint density at radius 1 is 0.301 bits per heavy atom. The first-order valence-corrected chi connectivity index (χ1v) is 25.2. The second-order valence-electron chi connectivity index (χ2n) is 19.5. The zero-order valence-corrected chi connectivity index (χ0v) is 39.5. The van der Waals surface area contributed by atoms with Crippen LogP contribution in [0.4, 0.5) is 0 Å². The fourth-order valence-electron chi connectivity index (χ4n) is 13.1. The predicted octanol–water partition coefficient (Wildman–Crippen LogP) is 17.2. The first-order valence-electron chi connectivity index (χ1n) is 25.2. The smallest absolute Gasteiger partial charge is 0.145 e. The van der Waals surface area contributed by atoms with Gasteiger partial charge in [0.2, 0.25) is 0 Å². The lowest BCUT2D eigenvalue weighted by Gasteiger charge is -2.31. The van der Waals surface area contributed by atoms with Crippen LogP contribution in [0.25, 0.3) is 122 Å². The number of para-hydroxylation sites is 4. The van der Waals surface area contributed by atoms with Crippen molar-refractivity contribution in [3.8, 4) is 67.5 Å². The summed E-state index contributed by atoms with van der Waals surface area (Å²) >= 11 is 0. The molecule has 2 aliphatic rings. The summed E-state index contributed by atoms with van der Waals surface area (Å²) in [5.74, 6) is 1.80. The van der Waals surface area contributed by atoms with Crippen molar-refractivity contribution >= 4 is 54.4 Å². The standard InChI is InChI=1S/C69H42N4/c1-3-21-44(22-4-1)67-70-58-34-13-15-36-62(58)72(67)60-38-18-28-48-53(60)42-54-49(29-19-39-61(54)73-63-37-16-14-35-59(63)71-68(73)45-23-5-2-6-24-45)64(48)52-30-17-33-57-65(52)51-27-10-12-32-56(51)69(57)55-31-11-9-26-47(55)50-41-40-43-20-7-8-25-46(43)66(50)69/h1-42H. The highest BCUT2D eigenvalue weighted by Gasteiger charge is 2.53. The molecule has 2 heterocycles. The van der Waals surface area contributed by atoms with E-state index in [2.05, 4.69) is 264 Å². The zero-order valence-electron chi connectivity index (χ0n) is 39.5. The summed E-state index contributed by atoms with van der Waals surface area (Å²) in [5.41, 5.74) is 20.6. The number of aromatic nitrogens is 4. The molecule has 16 rings (SSSR count). The molecule has 4 nitrogen and oxygen atoms in total. The molecule has 1 spiro atoms. The van der Waals surface area contributed by atoms with Crippen molar-refractivity contribution in [3.63, 3.8) is 0 Å². The number of imidazole rings is 2. The van der Waals surface area contributed by atoms with Gasteiger partial charge in [-0.2, -0.15) is 0 Å². The van der Waals surface area contributed by atoms with E-state index in [1.165, 1.54) is 77.2 Å². The summed E-state index contributed by atoms with van der Waals surface area (Å²) in [7, 11) is 0. The SMILES string of the molecule is c1ccc(-c2nc3ccccc3n2-c2cccc3c(-c4cccc5c4-c4ccccc4C54c5ccccc5-c5ccc6ccccc6c54)c4cccc(-n5c(-c6ccccc6)nc6ccccc65)c4cc23)cc1. The first-order chi connectivity index (χ1) is 36.3. The Kier molecular flexibility index (Phi) is 8.35. The molecule has 0 radical (unpaired) electrons. The van der Waals surface area contributed by atoms with E-state index < -0.39 is 5.41 Å². The lowest BCUT2D eigenvalue weighted by atomic mass is 9.69. The van der Waals surface area contributed by atoms with Gasteiger partial charge in [0.1, 0.15) is 11.6 Å². The molecule has 0 N–H and O–H groups in total. The Morgan fingerprint density at radius 2 is 0.781 bits per heavy atom. The average Bonchev–Trinajstić information content (AvgIpc) is 4.22. The minimum Gasteiger partial charge on any atom is -0.292 e. The van der Waals surface area contributed by atoms with E-state index in [4.69, 9.17) is 9.97 Å². The third-order valence-corrected chi connectivity index (χ3v) is 15.9. The van der Waals surface area contributed by atoms with Gasteiger partial charge in [-0.15, -0.1) is 0 Å². The molecule has 2 aromatic heterocycles. The number of fused-ring (bicyclic) bond motifs is 16. The van der Waals surface area contributed by atoms with Crippen LogP contribution >= 0.6 is 0 Å². The van der Waals surface area contributed by atoms with Crippen LogP contribution in [0.1, 0.15) is 22.3 Å². The quantitative estimate of drug-likeness (QED) is 0.161. The monoisotopic (exact) mass is 926 g/mol. The summed E-state index contributed by atoms with van der Waals surface area (Å²) in [5, 5.41) is 7.13. The molecule has 0 aliphatic heterocycles. The van der Waals surface area contributed by atoms with Crippen LogP contribution in [0.2, 0.25) is 0 Å². The van der Waals surface area contributed by atoms with Crippen LogP contribution in [0, 0.1) is 0 Å². The van der Waals surface area contributed by atoms with Gasteiger partial charge in [0.25, 0.3) is 0 Å². The second-order valence-corrected chi connectivity index (χ2v) is 19.5. The zero-order chi connectivity index (χ0) is 47.8. The molecule has 1 atom stereocenters. The molecule has 1 unspecified atom stereocenters. The Morgan fingerprint density at radius 3 is 1.42 bits per heavy atom. The van der Waals surface area contributed by atoms with E-state index >= 15 is 0 Å². The van der Waals surface area contributed by atoms with Crippen LogP contribution in [0.5, 0.6) is 0 Å². The maximum atomic E-state index is 5.37. The van der Waals surface area contributed by atoms with Gasteiger partial charge in [-0.1, -0.05) is 212 Å². The number of hydrogen-bond acceptors (Lipinski definition) is 2. The van der Waals surface area contributed by atoms with Crippen LogP contribution in [-0.4, -0.2) is 19.1 Å². The average molecular weight is 927 g/mol. The molecule has 0 saturated heterocycles. The number of nitrogens with zero attached hydrogens (tertiary/aromatic N) is 4. The topological polar surface area (TPSA) is 35.6 Å². The molecule has 14 aromatic rings. The van der Waals surface area contributed by atoms with E-state index in [-0.39, 0.29) is 0 Å². The van der Waals surface area contributed by atoms with Gasteiger partial charge < -0.3 is 0 Å². The lowest BCUT2D eigenvalue weighted by Crippen LogP contribution is -2.26. The van der Waals surface area contributed by atoms with Crippen molar-refractivity contribution in [2.24, 2.45) is 0 Å². The van der Waals surface area contributed by atoms with Gasteiger partial charge in [0.05, 0.1) is 38.9 Å². The van der Waals surface area contributed by atoms with Crippen molar-refractivity contribution < 1.29 is 0 Å². The lowest BCUT2D eigenvalue weighted by molar-refractivity contribution is 0.801. The molecule has 0 fully saturated rings. The maximum absolute atomic E-state index is 5.37. The minimum absolute atomic E-state index is 0.550. The predicted molar refractivity (Wildman–Crippen MR) is 301 cm³/mol. The van der Waals surface area contributed by atoms with Crippen molar-refractivity contribution in [1.82, 2.24) is 19.1 Å². The van der Waals surface area contributed by atoms with E-state index in [9.17, 15) is 0 Å². The van der Waals surface area contributed by atoms with Crippen LogP contribution in [0.3, 0.4) is 0 Å². The summed E-state index contributed by atoms with van der Waals surface area (Å²) in [6, 6.07) is 93.6. The molecule has 0 bridgehead atoms. The number of benzene rings is 12. The third-order valence-electron chi connectivity index (χ3n) is 15.9. The molecule has 338 valence electrons. The Labute approximate surface area is 421 Å². The van der Waals surface area contributed by atoms with E-state index in [1.54, 1.807) is 0 Å². The molecular weight excluding hydrogens is 885 g/mol. The molecule has 12 aromatic carbocycles. The Hall–Kier alpha value is -9.64. The summed E-state index contributed by atoms with van der Waals surface area (Å²) in [4.78, 5) is 10.7. The highest BCUT2D eigenvalue weighted by molar-refractivity contribution is 6.20. The first kappa shape index (κ1) is 40.1. The van der Waals surface area contributed by atoms with E-state index in [0.717, 1.165) is 67.0 Å². The van der Waals surface area contributed by atoms with E-state index in [1.807, 2.05) is 0 Å². The maximum Gasteiger partial charge on any atom is 0.145 e. The molecule has 2 aliphatic carbocycles. The number of hydrogen-bond donors (Lipinski definition) is 0. The van der Waals surface area contributed by atoms with Gasteiger partial charge in [-0.3, -0.25) is 9.13 Å². The molecule has 0 amide bonds. The van der Waals surface area contributed by atoms with Crippen molar-refractivity contribution in [2.45, 2.75) is 5.41 Å². The highest BCUT2D eigenvalue weighted by Crippen LogP contribution is 2.65. The van der Waals surface area contributed by atoms with Crippen molar-refractivity contribution in [3.05, 3.63) is 277 Å². The normalized spacial score (nSPS) is 14.4. The molecule has 0 saturated carbocycles. The fourth-order valence-corrected chi connectivity index (χ4v) is 13.1. The highest BCUT2D eigenvalue weighted by atomic mass is 15.1. The fraction of sp³-hybridized carbons (Fsp3) is 0.0145. The Balaban J connectivity index is 1.08. The van der Waals surface area contributed by atoms with Crippen LogP contribution < -0.4 is 0 Å². The molecule has 73 heavy (non-hydrogen) atoms. The summed E-state index contributed by atoms with van der Waals surface area (Å²) in [6.45, 7) is 0. The third kappa shape index (κ3) is 5.44. The van der Waals surface area contributed by atoms with Crippen LogP contribution in [0.15, 0.2) is 255 Å². The minimum atomic E-state index is -0.550. The summed E-state index contributed by atoms with van der Waals surface area (Å²) in [6.07, 6.45) is 0. The molecular formula is C69H42N4. The largest absolute Gasteiger partial charge is 0.292 e. The van der Waals surface area contributed by atoms with Gasteiger partial charge in [0.15, 0.2) is 0 Å². The van der Waals surface area contributed by atoms with Crippen molar-refractivity contribution in [2.75, 3.05) is 0 Å². The van der Waals surface area contributed by atoms with Crippen LogP contribution in [-0.2, 0) is 5.41 Å².